The predicted molar refractivity (Wildman–Crippen MR) is 95.1 cm³/mol. The summed E-state index contributed by atoms with van der Waals surface area (Å²) in [6, 6.07) is 7.71. The molecule has 2 aromatic rings. The molecule has 136 valence electrons. The van der Waals surface area contributed by atoms with Gasteiger partial charge in [0.25, 0.3) is 0 Å². The Hall–Kier alpha value is -2.41. The number of hydrogen-bond donors (Lipinski definition) is 1. The number of nitrogens with one attached hydrogen (secondary N) is 1. The molecule has 1 aromatic carbocycles. The van der Waals surface area contributed by atoms with Crippen LogP contribution in [0.5, 0.6) is 5.75 Å². The monoisotopic (exact) mass is 346 g/mol. The molecule has 0 saturated heterocycles. The van der Waals surface area contributed by atoms with Gasteiger partial charge in [0, 0.05) is 6.04 Å². The van der Waals surface area contributed by atoms with E-state index in [1.165, 1.54) is 0 Å². The summed E-state index contributed by atoms with van der Waals surface area (Å²) in [5.41, 5.74) is 0.792. The van der Waals surface area contributed by atoms with E-state index in [2.05, 4.69) is 15.5 Å². The van der Waals surface area contributed by atoms with Gasteiger partial charge >= 0.3 is 0 Å². The van der Waals surface area contributed by atoms with Gasteiger partial charge in [0.15, 0.2) is 0 Å². The number of amides is 1. The van der Waals surface area contributed by atoms with Crippen molar-refractivity contribution in [3.8, 4) is 17.1 Å². The van der Waals surface area contributed by atoms with Crippen molar-refractivity contribution in [1.29, 1.82) is 0 Å². The summed E-state index contributed by atoms with van der Waals surface area (Å²) in [6.45, 7) is 9.79. The maximum Gasteiger partial charge on any atom is 0.241 e. The van der Waals surface area contributed by atoms with Gasteiger partial charge in [-0.15, -0.1) is 0 Å². The van der Waals surface area contributed by atoms with Crippen LogP contribution in [0.15, 0.2) is 28.8 Å². The number of benzene rings is 1. The minimum atomic E-state index is -0.0155. The van der Waals surface area contributed by atoms with Gasteiger partial charge in [-0.05, 0) is 39.4 Å². The molecule has 1 heterocycles. The fraction of sp³-hybridized carbons (Fsp3) is 0.500. The Morgan fingerprint density at radius 2 is 2.08 bits per heavy atom. The highest BCUT2D eigenvalue weighted by molar-refractivity contribution is 5.78. The molecule has 1 amide bonds. The van der Waals surface area contributed by atoms with Gasteiger partial charge in [-0.2, -0.15) is 4.98 Å². The Morgan fingerprint density at radius 3 is 2.76 bits per heavy atom. The zero-order valence-corrected chi connectivity index (χ0v) is 15.3. The van der Waals surface area contributed by atoms with Crippen molar-refractivity contribution in [3.63, 3.8) is 0 Å². The quantitative estimate of drug-likeness (QED) is 0.751. The fourth-order valence-electron chi connectivity index (χ4n) is 2.40. The maximum absolute atomic E-state index is 11.9. The first-order chi connectivity index (χ1) is 12.0. The number of ether oxygens (including phenoxy) is 1. The number of nitrogens with zero attached hydrogens (tertiary/aromatic N) is 3. The van der Waals surface area contributed by atoms with Crippen LogP contribution < -0.4 is 10.1 Å². The molecule has 25 heavy (non-hydrogen) atoms. The highest BCUT2D eigenvalue weighted by atomic mass is 16.5. The molecule has 1 aromatic heterocycles. The molecule has 0 aliphatic heterocycles. The van der Waals surface area contributed by atoms with E-state index in [1.54, 1.807) is 0 Å². The Labute approximate surface area is 148 Å². The minimum absolute atomic E-state index is 0.0155. The zero-order valence-electron chi connectivity index (χ0n) is 15.3. The van der Waals surface area contributed by atoms with Gasteiger partial charge < -0.3 is 14.6 Å². The van der Waals surface area contributed by atoms with Crippen LogP contribution in [0, 0.1) is 0 Å². The summed E-state index contributed by atoms with van der Waals surface area (Å²) in [5, 5.41) is 6.93. The molecular weight excluding hydrogens is 320 g/mol. The lowest BCUT2D eigenvalue weighted by Gasteiger charge is -2.18. The number of rotatable bonds is 9. The highest BCUT2D eigenvalue weighted by Crippen LogP contribution is 2.27. The van der Waals surface area contributed by atoms with Crippen LogP contribution in [-0.2, 0) is 11.3 Å². The van der Waals surface area contributed by atoms with Crippen molar-refractivity contribution in [2.45, 2.75) is 40.3 Å². The maximum atomic E-state index is 11.9. The second kappa shape index (κ2) is 9.17. The van der Waals surface area contributed by atoms with E-state index in [-0.39, 0.29) is 11.9 Å². The Morgan fingerprint density at radius 1 is 1.32 bits per heavy atom. The molecule has 2 rings (SSSR count). The van der Waals surface area contributed by atoms with E-state index in [0.29, 0.717) is 38.0 Å². The minimum Gasteiger partial charge on any atom is -0.493 e. The molecule has 7 nitrogen and oxygen atoms in total. The molecule has 0 spiro atoms. The van der Waals surface area contributed by atoms with E-state index in [9.17, 15) is 4.79 Å². The average molecular weight is 346 g/mol. The lowest BCUT2D eigenvalue weighted by atomic mass is 10.2. The number of aromatic nitrogens is 2. The number of para-hydroxylation sites is 1. The van der Waals surface area contributed by atoms with Crippen molar-refractivity contribution in [2.24, 2.45) is 0 Å². The zero-order chi connectivity index (χ0) is 18.2. The van der Waals surface area contributed by atoms with Crippen LogP contribution in [0.2, 0.25) is 0 Å². The van der Waals surface area contributed by atoms with Crippen molar-refractivity contribution in [3.05, 3.63) is 30.2 Å². The number of carbonyl (C=O) groups excluding carboxylic acids is 1. The standard InChI is InChI=1S/C18H26N4O3/c1-5-22(11-16(23)19-13(3)4)12-17-20-18(21-25-17)14-9-7-8-10-15(14)24-6-2/h7-10,13H,5-6,11-12H2,1-4H3,(H,19,23). The first kappa shape index (κ1) is 18.9. The topological polar surface area (TPSA) is 80.5 Å². The lowest BCUT2D eigenvalue weighted by Crippen LogP contribution is -2.39. The molecule has 0 radical (unpaired) electrons. The van der Waals surface area contributed by atoms with Crippen LogP contribution >= 0.6 is 0 Å². The summed E-state index contributed by atoms with van der Waals surface area (Å²) < 4.78 is 11.0. The second-order valence-electron chi connectivity index (χ2n) is 5.97. The largest absolute Gasteiger partial charge is 0.493 e. The van der Waals surface area contributed by atoms with E-state index in [4.69, 9.17) is 9.26 Å². The molecule has 0 fully saturated rings. The summed E-state index contributed by atoms with van der Waals surface area (Å²) >= 11 is 0. The Balaban J connectivity index is 2.06. The summed E-state index contributed by atoms with van der Waals surface area (Å²) in [4.78, 5) is 18.3. The van der Waals surface area contributed by atoms with Gasteiger partial charge in [0.2, 0.25) is 17.6 Å². The number of hydrogen-bond acceptors (Lipinski definition) is 6. The smallest absolute Gasteiger partial charge is 0.241 e. The van der Waals surface area contributed by atoms with E-state index >= 15 is 0 Å². The van der Waals surface area contributed by atoms with Crippen LogP contribution in [0.1, 0.15) is 33.6 Å². The molecule has 0 aliphatic rings. The van der Waals surface area contributed by atoms with Crippen molar-refractivity contribution >= 4 is 5.91 Å². The summed E-state index contributed by atoms with van der Waals surface area (Å²) in [5.74, 6) is 1.67. The van der Waals surface area contributed by atoms with Crippen molar-refractivity contribution < 1.29 is 14.1 Å². The van der Waals surface area contributed by atoms with Crippen LogP contribution in [0.25, 0.3) is 11.4 Å². The Kier molecular flexibility index (Phi) is 6.94. The molecular formula is C18H26N4O3. The first-order valence-electron chi connectivity index (χ1n) is 8.60. The third-order valence-corrected chi connectivity index (χ3v) is 3.52. The predicted octanol–water partition coefficient (Wildman–Crippen LogP) is 2.48. The van der Waals surface area contributed by atoms with Gasteiger partial charge in [0.05, 0.1) is 25.3 Å². The number of carbonyl (C=O) groups is 1. The molecule has 1 N–H and O–H groups in total. The highest BCUT2D eigenvalue weighted by Gasteiger charge is 2.17. The molecule has 0 saturated carbocycles. The number of likely N-dealkylation sites (N-methyl/N-ethyl adjacent to an activating group) is 1. The van der Waals surface area contributed by atoms with Gasteiger partial charge in [-0.25, -0.2) is 0 Å². The van der Waals surface area contributed by atoms with Gasteiger partial charge in [-0.1, -0.05) is 24.2 Å². The fourth-order valence-corrected chi connectivity index (χ4v) is 2.40. The molecule has 0 atom stereocenters. The van der Waals surface area contributed by atoms with Crippen LogP contribution in [0.3, 0.4) is 0 Å². The Bertz CT molecular complexity index is 684. The van der Waals surface area contributed by atoms with E-state index < -0.39 is 0 Å². The second-order valence-corrected chi connectivity index (χ2v) is 5.97. The average Bonchev–Trinajstić information content (AvgIpc) is 3.02. The van der Waals surface area contributed by atoms with Crippen LogP contribution in [0.4, 0.5) is 0 Å². The molecule has 0 bridgehead atoms. The third kappa shape index (κ3) is 5.56. The van der Waals surface area contributed by atoms with Crippen molar-refractivity contribution in [2.75, 3.05) is 19.7 Å². The summed E-state index contributed by atoms with van der Waals surface area (Å²) in [6.07, 6.45) is 0. The van der Waals surface area contributed by atoms with E-state index in [1.807, 2.05) is 56.9 Å². The van der Waals surface area contributed by atoms with Gasteiger partial charge in [-0.3, -0.25) is 9.69 Å². The van der Waals surface area contributed by atoms with Crippen LogP contribution in [-0.4, -0.2) is 46.7 Å². The van der Waals surface area contributed by atoms with Gasteiger partial charge in [0.1, 0.15) is 5.75 Å². The normalized spacial score (nSPS) is 11.1. The first-order valence-corrected chi connectivity index (χ1v) is 8.60. The third-order valence-electron chi connectivity index (χ3n) is 3.52. The summed E-state index contributed by atoms with van der Waals surface area (Å²) in [7, 11) is 0. The van der Waals surface area contributed by atoms with Crippen molar-refractivity contribution in [1.82, 2.24) is 20.4 Å². The SMILES string of the molecule is CCOc1ccccc1-c1noc(CN(CC)CC(=O)NC(C)C)n1. The lowest BCUT2D eigenvalue weighted by molar-refractivity contribution is -0.122. The molecule has 7 heteroatoms. The molecule has 0 aliphatic carbocycles. The molecule has 0 unspecified atom stereocenters. The van der Waals surface area contributed by atoms with E-state index in [0.717, 1.165) is 11.3 Å².